The van der Waals surface area contributed by atoms with Gasteiger partial charge in [0, 0.05) is 5.56 Å². The average molecular weight is 335 g/mol. The molecule has 0 aliphatic rings. The van der Waals surface area contributed by atoms with Gasteiger partial charge in [-0.1, -0.05) is 60.7 Å². The second-order valence-corrected chi connectivity index (χ2v) is 5.44. The maximum Gasteiger partial charge on any atom is 0.342 e. The molecule has 0 saturated carbocycles. The number of ether oxygens (including phenoxy) is 1. The van der Waals surface area contributed by atoms with Crippen molar-refractivity contribution in [2.75, 3.05) is 12.8 Å². The lowest BCUT2D eigenvalue weighted by Gasteiger charge is -2.13. The van der Waals surface area contributed by atoms with Gasteiger partial charge in [0.25, 0.3) is 5.56 Å². The molecule has 2 N–H and O–H groups in total. The SMILES string of the molecule is COC(=O)c1c(-c2ccccc2)nn(Cc2ccccc2)c(=O)c1N. The van der Waals surface area contributed by atoms with Crippen LogP contribution in [0, 0.1) is 0 Å². The van der Waals surface area contributed by atoms with Gasteiger partial charge in [-0.25, -0.2) is 9.48 Å². The lowest BCUT2D eigenvalue weighted by molar-refractivity contribution is 0.0602. The monoisotopic (exact) mass is 335 g/mol. The van der Waals surface area contributed by atoms with Crippen molar-refractivity contribution in [3.05, 3.63) is 82.1 Å². The van der Waals surface area contributed by atoms with Crippen LogP contribution in [0.5, 0.6) is 0 Å². The zero-order valence-corrected chi connectivity index (χ0v) is 13.7. The van der Waals surface area contributed by atoms with Crippen molar-refractivity contribution in [2.45, 2.75) is 6.54 Å². The fourth-order valence-electron chi connectivity index (χ4n) is 2.56. The molecule has 6 nitrogen and oxygen atoms in total. The highest BCUT2D eigenvalue weighted by Gasteiger charge is 2.23. The van der Waals surface area contributed by atoms with Gasteiger partial charge >= 0.3 is 5.97 Å². The number of nitrogens with zero attached hydrogens (tertiary/aromatic N) is 2. The Balaban J connectivity index is 2.20. The van der Waals surface area contributed by atoms with E-state index in [0.29, 0.717) is 11.3 Å². The highest BCUT2D eigenvalue weighted by Crippen LogP contribution is 2.24. The van der Waals surface area contributed by atoms with Gasteiger partial charge in [0.15, 0.2) is 0 Å². The van der Waals surface area contributed by atoms with Crippen LogP contribution >= 0.6 is 0 Å². The largest absolute Gasteiger partial charge is 0.465 e. The van der Waals surface area contributed by atoms with Crippen LogP contribution in [0.25, 0.3) is 11.3 Å². The van der Waals surface area contributed by atoms with Gasteiger partial charge in [0.05, 0.1) is 13.7 Å². The van der Waals surface area contributed by atoms with E-state index in [4.69, 9.17) is 10.5 Å². The molecule has 1 heterocycles. The summed E-state index contributed by atoms with van der Waals surface area (Å²) in [6, 6.07) is 18.5. The Kier molecular flexibility index (Phi) is 4.61. The third kappa shape index (κ3) is 3.28. The molecule has 25 heavy (non-hydrogen) atoms. The molecule has 0 saturated heterocycles. The van der Waals surface area contributed by atoms with E-state index in [0.717, 1.165) is 5.56 Å². The van der Waals surface area contributed by atoms with E-state index in [1.807, 2.05) is 48.5 Å². The van der Waals surface area contributed by atoms with Crippen molar-refractivity contribution in [1.82, 2.24) is 9.78 Å². The van der Waals surface area contributed by atoms with E-state index in [2.05, 4.69) is 5.10 Å². The van der Waals surface area contributed by atoms with Crippen LogP contribution in [-0.4, -0.2) is 22.9 Å². The van der Waals surface area contributed by atoms with Crippen LogP contribution in [0.1, 0.15) is 15.9 Å². The number of rotatable bonds is 4. The first kappa shape index (κ1) is 16.4. The second kappa shape index (κ2) is 7.00. The summed E-state index contributed by atoms with van der Waals surface area (Å²) in [4.78, 5) is 24.7. The summed E-state index contributed by atoms with van der Waals surface area (Å²) in [7, 11) is 1.24. The predicted octanol–water partition coefficient (Wildman–Crippen LogP) is 2.33. The molecule has 0 aliphatic carbocycles. The number of anilines is 1. The van der Waals surface area contributed by atoms with E-state index in [1.165, 1.54) is 11.8 Å². The van der Waals surface area contributed by atoms with Crippen molar-refractivity contribution in [2.24, 2.45) is 0 Å². The number of carbonyl (C=O) groups excluding carboxylic acids is 1. The van der Waals surface area contributed by atoms with Crippen LogP contribution in [0.3, 0.4) is 0 Å². The fourth-order valence-corrected chi connectivity index (χ4v) is 2.56. The van der Waals surface area contributed by atoms with E-state index >= 15 is 0 Å². The second-order valence-electron chi connectivity index (χ2n) is 5.44. The molecule has 0 unspecified atom stereocenters. The normalized spacial score (nSPS) is 10.4. The summed E-state index contributed by atoms with van der Waals surface area (Å²) in [5, 5.41) is 4.39. The first-order valence-electron chi connectivity index (χ1n) is 7.70. The van der Waals surface area contributed by atoms with Crippen LogP contribution < -0.4 is 11.3 Å². The molecule has 0 spiro atoms. The molecule has 3 aromatic rings. The number of hydrogen-bond donors (Lipinski definition) is 1. The van der Waals surface area contributed by atoms with Crippen LogP contribution in [-0.2, 0) is 11.3 Å². The number of aromatic nitrogens is 2. The van der Waals surface area contributed by atoms with Gasteiger partial charge in [0.1, 0.15) is 16.9 Å². The summed E-state index contributed by atoms with van der Waals surface area (Å²) in [5.41, 5.74) is 7.17. The van der Waals surface area contributed by atoms with Crippen molar-refractivity contribution in [3.8, 4) is 11.3 Å². The van der Waals surface area contributed by atoms with E-state index in [9.17, 15) is 9.59 Å². The summed E-state index contributed by atoms with van der Waals surface area (Å²) in [6.45, 7) is 0.255. The molecular weight excluding hydrogens is 318 g/mol. The van der Waals surface area contributed by atoms with Crippen molar-refractivity contribution >= 4 is 11.7 Å². The van der Waals surface area contributed by atoms with Crippen molar-refractivity contribution in [3.63, 3.8) is 0 Å². The standard InChI is InChI=1S/C19H17N3O3/c1-25-19(24)15-16(20)18(23)22(12-13-8-4-2-5-9-13)21-17(15)14-10-6-3-7-11-14/h2-11H,12,20H2,1H3. The van der Waals surface area contributed by atoms with Crippen LogP contribution in [0.4, 0.5) is 5.69 Å². The molecule has 0 radical (unpaired) electrons. The molecule has 0 amide bonds. The van der Waals surface area contributed by atoms with Gasteiger partial charge in [-0.05, 0) is 5.56 Å². The number of nitrogen functional groups attached to an aromatic ring is 1. The molecule has 126 valence electrons. The summed E-state index contributed by atoms with van der Waals surface area (Å²) < 4.78 is 6.05. The number of carbonyl (C=O) groups is 1. The first-order chi connectivity index (χ1) is 12.1. The minimum atomic E-state index is -0.687. The number of esters is 1. The maximum absolute atomic E-state index is 12.6. The molecule has 0 bridgehead atoms. The van der Waals surface area contributed by atoms with Crippen LogP contribution in [0.2, 0.25) is 0 Å². The molecule has 1 aromatic heterocycles. The quantitative estimate of drug-likeness (QED) is 0.739. The topological polar surface area (TPSA) is 87.2 Å². The minimum absolute atomic E-state index is 0.0111. The smallest absolute Gasteiger partial charge is 0.342 e. The molecule has 0 atom stereocenters. The van der Waals surface area contributed by atoms with E-state index in [1.54, 1.807) is 12.1 Å². The summed E-state index contributed by atoms with van der Waals surface area (Å²) >= 11 is 0. The zero-order chi connectivity index (χ0) is 17.8. The van der Waals surface area contributed by atoms with Gasteiger partial charge in [0.2, 0.25) is 0 Å². The number of methoxy groups -OCH3 is 1. The predicted molar refractivity (Wildman–Crippen MR) is 95.2 cm³/mol. The number of nitrogens with two attached hydrogens (primary N) is 1. The lowest BCUT2D eigenvalue weighted by Crippen LogP contribution is -2.30. The van der Waals surface area contributed by atoms with Gasteiger partial charge in [-0.2, -0.15) is 5.10 Å². The Morgan fingerprint density at radius 3 is 2.28 bits per heavy atom. The Morgan fingerprint density at radius 1 is 1.08 bits per heavy atom. The molecule has 2 aromatic carbocycles. The molecular formula is C19H17N3O3. The molecule has 0 fully saturated rings. The van der Waals surface area contributed by atoms with Gasteiger partial charge < -0.3 is 10.5 Å². The van der Waals surface area contributed by atoms with Crippen LogP contribution in [0.15, 0.2) is 65.5 Å². The van der Waals surface area contributed by atoms with Gasteiger partial charge in [-0.3, -0.25) is 4.79 Å². The molecule has 3 rings (SSSR count). The number of hydrogen-bond acceptors (Lipinski definition) is 5. The fraction of sp³-hybridized carbons (Fsp3) is 0.105. The first-order valence-corrected chi connectivity index (χ1v) is 7.70. The third-order valence-corrected chi connectivity index (χ3v) is 3.80. The number of benzene rings is 2. The van der Waals surface area contributed by atoms with Crippen molar-refractivity contribution < 1.29 is 9.53 Å². The zero-order valence-electron chi connectivity index (χ0n) is 13.7. The molecule has 0 aliphatic heterocycles. The summed E-state index contributed by atoms with van der Waals surface area (Å²) in [5.74, 6) is -0.687. The summed E-state index contributed by atoms with van der Waals surface area (Å²) in [6.07, 6.45) is 0. The highest BCUT2D eigenvalue weighted by molar-refractivity contribution is 6.00. The Bertz CT molecular complexity index is 951. The Labute approximate surface area is 144 Å². The Morgan fingerprint density at radius 2 is 1.68 bits per heavy atom. The van der Waals surface area contributed by atoms with Gasteiger partial charge in [-0.15, -0.1) is 0 Å². The highest BCUT2D eigenvalue weighted by atomic mass is 16.5. The van der Waals surface area contributed by atoms with Crippen molar-refractivity contribution in [1.29, 1.82) is 0 Å². The van der Waals surface area contributed by atoms with E-state index in [-0.39, 0.29) is 17.8 Å². The Hall–Kier alpha value is -3.41. The minimum Gasteiger partial charge on any atom is -0.465 e. The lowest BCUT2D eigenvalue weighted by atomic mass is 10.1. The molecule has 6 heteroatoms. The van der Waals surface area contributed by atoms with E-state index < -0.39 is 11.5 Å². The maximum atomic E-state index is 12.6. The average Bonchev–Trinajstić information content (AvgIpc) is 2.66. The third-order valence-electron chi connectivity index (χ3n) is 3.80.